The number of hydrogen-bond acceptors (Lipinski definition) is 2. The number of hydrogen-bond donors (Lipinski definition) is 0. The maximum Gasteiger partial charge on any atom is 0.426 e. The summed E-state index contributed by atoms with van der Waals surface area (Å²) >= 11 is 0. The predicted octanol–water partition coefficient (Wildman–Crippen LogP) is 5.46. The van der Waals surface area contributed by atoms with Gasteiger partial charge in [0.25, 0.3) is 0 Å². The number of rotatable bonds is 10. The van der Waals surface area contributed by atoms with Crippen molar-refractivity contribution in [3.8, 4) is 0 Å². The summed E-state index contributed by atoms with van der Waals surface area (Å²) in [4.78, 5) is 0. The fourth-order valence-electron chi connectivity index (χ4n) is 1.77. The first-order valence-corrected chi connectivity index (χ1v) is 7.19. The van der Waals surface area contributed by atoms with Crippen molar-refractivity contribution in [2.24, 2.45) is 0 Å². The van der Waals surface area contributed by atoms with E-state index in [1.807, 2.05) is 0 Å². The first kappa shape index (κ1) is 26.8. The minimum Gasteiger partial charge on any atom is -0.371 e. The zero-order valence-electron chi connectivity index (χ0n) is 13.6. The summed E-state index contributed by atoms with van der Waals surface area (Å²) in [6, 6.07) is 0. The molecule has 0 spiro atoms. The molecule has 1 fully saturated rings. The summed E-state index contributed by atoms with van der Waals surface area (Å²) in [7, 11) is 0. The molecule has 1 aliphatic heterocycles. The summed E-state index contributed by atoms with van der Waals surface area (Å²) in [5.41, 5.74) is 0. The van der Waals surface area contributed by atoms with E-state index in [9.17, 15) is 70.2 Å². The second-order valence-electron chi connectivity index (χ2n) is 5.99. The van der Waals surface area contributed by atoms with Gasteiger partial charge in [0, 0.05) is 0 Å². The van der Waals surface area contributed by atoms with E-state index in [0.29, 0.717) is 0 Å². The van der Waals surface area contributed by atoms with Gasteiger partial charge in [0.1, 0.15) is 6.10 Å². The highest BCUT2D eigenvalue weighted by atomic mass is 19.4. The lowest BCUT2D eigenvalue weighted by atomic mass is 9.91. The first-order valence-electron chi connectivity index (χ1n) is 7.19. The quantitative estimate of drug-likeness (QED) is 0.301. The second kappa shape index (κ2) is 7.44. The first-order chi connectivity index (χ1) is 13.0. The van der Waals surface area contributed by atoms with E-state index in [0.717, 1.165) is 0 Å². The monoisotopic (exact) mass is 488 g/mol. The Morgan fingerprint density at radius 1 is 0.700 bits per heavy atom. The van der Waals surface area contributed by atoms with Crippen LogP contribution in [0, 0.1) is 0 Å². The van der Waals surface area contributed by atoms with Crippen molar-refractivity contribution in [1.82, 2.24) is 0 Å². The van der Waals surface area contributed by atoms with Crippen LogP contribution in [0.3, 0.4) is 0 Å². The van der Waals surface area contributed by atoms with Gasteiger partial charge in [-0.2, -0.15) is 65.9 Å². The van der Waals surface area contributed by atoms with Crippen molar-refractivity contribution >= 4 is 0 Å². The fourth-order valence-corrected chi connectivity index (χ4v) is 1.77. The minimum absolute atomic E-state index is 0.421. The van der Waals surface area contributed by atoms with Crippen molar-refractivity contribution in [2.45, 2.75) is 60.6 Å². The Hall–Kier alpha value is -1.20. The Bertz CT molecular complexity index is 608. The highest BCUT2D eigenvalue weighted by Gasteiger charge is 2.91. The molecule has 1 rings (SSSR count). The Morgan fingerprint density at radius 2 is 1.10 bits per heavy atom. The molecule has 2 atom stereocenters. The van der Waals surface area contributed by atoms with Gasteiger partial charge in [-0.25, -0.2) is 4.39 Å². The zero-order valence-corrected chi connectivity index (χ0v) is 13.6. The summed E-state index contributed by atoms with van der Waals surface area (Å²) in [5, 5.41) is 0. The average molecular weight is 488 g/mol. The molecular weight excluding hydrogens is 480 g/mol. The Balaban J connectivity index is 3.31. The molecule has 2 nitrogen and oxygen atoms in total. The Labute approximate surface area is 155 Å². The van der Waals surface area contributed by atoms with E-state index in [-0.39, 0.29) is 0 Å². The van der Waals surface area contributed by atoms with E-state index < -0.39 is 73.8 Å². The Kier molecular flexibility index (Phi) is 6.66. The van der Waals surface area contributed by atoms with Crippen LogP contribution in [-0.4, -0.2) is 67.4 Å². The van der Waals surface area contributed by atoms with Crippen LogP contribution in [-0.2, 0) is 9.47 Å². The van der Waals surface area contributed by atoms with Crippen molar-refractivity contribution in [3.63, 3.8) is 0 Å². The van der Waals surface area contributed by atoms with Crippen molar-refractivity contribution in [2.75, 3.05) is 13.2 Å². The normalized spacial score (nSPS) is 21.0. The molecule has 180 valence electrons. The number of ether oxygens (including phenoxy) is 2. The third kappa shape index (κ3) is 4.38. The molecule has 0 aromatic rings. The van der Waals surface area contributed by atoms with Crippen LogP contribution in [0.1, 0.15) is 6.42 Å². The van der Waals surface area contributed by atoms with E-state index in [1.165, 1.54) is 0 Å². The van der Waals surface area contributed by atoms with Crippen molar-refractivity contribution < 1.29 is 79.7 Å². The maximum atomic E-state index is 13.4. The third-order valence-corrected chi connectivity index (χ3v) is 3.62. The fraction of sp³-hybridized carbons (Fsp3) is 1.00. The molecule has 0 N–H and O–H groups in total. The largest absolute Gasteiger partial charge is 0.426 e. The zero-order chi connectivity index (χ0) is 24.2. The summed E-state index contributed by atoms with van der Waals surface area (Å²) in [6.45, 7) is -2.05. The lowest BCUT2D eigenvalue weighted by molar-refractivity contribution is -0.460. The molecule has 18 heteroatoms. The molecule has 0 aromatic heterocycles. The molecule has 2 unspecified atom stereocenters. The topological polar surface area (TPSA) is 21.8 Å². The number of epoxide rings is 1. The highest BCUT2D eigenvalue weighted by molar-refractivity contribution is 5.12. The van der Waals surface area contributed by atoms with Crippen LogP contribution in [0.15, 0.2) is 0 Å². The molecule has 1 heterocycles. The van der Waals surface area contributed by atoms with Gasteiger partial charge in [0.05, 0.1) is 19.6 Å². The number of alkyl halides is 16. The summed E-state index contributed by atoms with van der Waals surface area (Å²) in [5.74, 6) is -39.2. The van der Waals surface area contributed by atoms with Crippen LogP contribution < -0.4 is 0 Å². The molecule has 30 heavy (non-hydrogen) atoms. The molecule has 0 amide bonds. The lowest BCUT2D eigenvalue weighted by Crippen LogP contribution is -2.72. The molecule has 0 aliphatic carbocycles. The molecular formula is C12H8F16O2. The maximum absolute atomic E-state index is 13.4. The lowest BCUT2D eigenvalue weighted by Gasteiger charge is -2.41. The van der Waals surface area contributed by atoms with Crippen LogP contribution >= 0.6 is 0 Å². The van der Waals surface area contributed by atoms with Gasteiger partial charge >= 0.3 is 41.9 Å². The van der Waals surface area contributed by atoms with Crippen molar-refractivity contribution in [1.29, 1.82) is 0 Å². The average Bonchev–Trinajstić information content (AvgIpc) is 3.34. The Morgan fingerprint density at radius 3 is 1.47 bits per heavy atom. The van der Waals surface area contributed by atoms with Gasteiger partial charge < -0.3 is 9.47 Å². The van der Waals surface area contributed by atoms with E-state index in [1.54, 1.807) is 0 Å². The van der Waals surface area contributed by atoms with Crippen LogP contribution in [0.5, 0.6) is 0 Å². The number of halogens is 16. The highest BCUT2D eigenvalue weighted by Crippen LogP contribution is 2.61. The SMILES string of the molecule is FC(CC(F)(F)F)C(F)(F)C(F)(F)C(F)(F)C(F)(F)C(F)(F)C(F)(F)OCC1CO1. The van der Waals surface area contributed by atoms with Gasteiger partial charge in [-0.3, -0.25) is 0 Å². The molecule has 0 bridgehead atoms. The molecule has 1 saturated heterocycles. The standard InChI is InChI=1S/C12H8F16O2/c13-5(1-6(14,15)16)7(17,18)8(19,20)9(21,22)10(23,24)11(25,26)12(27,28)30-3-4-2-29-4/h4-5H,1-3H2. The van der Waals surface area contributed by atoms with Crippen molar-refractivity contribution in [3.05, 3.63) is 0 Å². The minimum atomic E-state index is -8.19. The third-order valence-electron chi connectivity index (χ3n) is 3.62. The van der Waals surface area contributed by atoms with Gasteiger partial charge in [-0.1, -0.05) is 0 Å². The van der Waals surface area contributed by atoms with E-state index in [2.05, 4.69) is 9.47 Å². The summed E-state index contributed by atoms with van der Waals surface area (Å²) in [6.07, 6.45) is -23.0. The van der Waals surface area contributed by atoms with Gasteiger partial charge in [-0.15, -0.1) is 0 Å². The van der Waals surface area contributed by atoms with E-state index in [4.69, 9.17) is 0 Å². The van der Waals surface area contributed by atoms with Crippen LogP contribution in [0.25, 0.3) is 0 Å². The molecule has 0 saturated carbocycles. The van der Waals surface area contributed by atoms with Crippen LogP contribution in [0.4, 0.5) is 70.2 Å². The van der Waals surface area contributed by atoms with Crippen LogP contribution in [0.2, 0.25) is 0 Å². The van der Waals surface area contributed by atoms with Gasteiger partial charge in [0.15, 0.2) is 6.17 Å². The predicted molar refractivity (Wildman–Crippen MR) is 60.9 cm³/mol. The van der Waals surface area contributed by atoms with Gasteiger partial charge in [-0.05, 0) is 0 Å². The smallest absolute Gasteiger partial charge is 0.371 e. The second-order valence-corrected chi connectivity index (χ2v) is 5.99. The molecule has 0 aromatic carbocycles. The molecule has 0 radical (unpaired) electrons. The summed E-state index contributed by atoms with van der Waals surface area (Å²) < 4.78 is 215. The van der Waals surface area contributed by atoms with E-state index >= 15 is 0 Å². The molecule has 1 aliphatic rings. The van der Waals surface area contributed by atoms with Gasteiger partial charge in [0.2, 0.25) is 0 Å².